The van der Waals surface area contributed by atoms with E-state index in [1.54, 1.807) is 6.07 Å². The maximum Gasteiger partial charge on any atom is 0.227 e. The van der Waals surface area contributed by atoms with Gasteiger partial charge in [0.2, 0.25) is 5.95 Å². The first-order valence-corrected chi connectivity index (χ1v) is 9.97. The summed E-state index contributed by atoms with van der Waals surface area (Å²) in [6.07, 6.45) is 2.19. The molecule has 2 aromatic rings. The normalized spacial score (nSPS) is 14.5. The minimum Gasteiger partial charge on any atom is -0.366 e. The monoisotopic (exact) mass is 371 g/mol. The van der Waals surface area contributed by atoms with E-state index in [0.717, 1.165) is 69.6 Å². The molecule has 0 amide bonds. The quantitative estimate of drug-likeness (QED) is 0.738. The number of anilines is 3. The van der Waals surface area contributed by atoms with Crippen molar-refractivity contribution in [3.05, 3.63) is 41.8 Å². The molecule has 0 radical (unpaired) electrons. The molecule has 146 valence electrons. The van der Waals surface area contributed by atoms with Gasteiger partial charge < -0.3 is 14.7 Å². The summed E-state index contributed by atoms with van der Waals surface area (Å²) in [5.74, 6) is 1.64. The lowest BCUT2D eigenvalue weighted by molar-refractivity contribution is 0.593. The third-order valence-electron chi connectivity index (χ3n) is 4.90. The standard InChI is InChI=1S/C21H30FN5/c1-4-10-26(11-5-2)20-16-17(3)23-21(24-20)27-14-12-25(13-15-27)19-9-7-6-8-18(19)22/h6-9,16H,4-5,10-15H2,1-3H3. The lowest BCUT2D eigenvalue weighted by atomic mass is 10.2. The number of rotatable bonds is 7. The Morgan fingerprint density at radius 2 is 1.59 bits per heavy atom. The SMILES string of the molecule is CCCN(CCC)c1cc(C)nc(N2CCN(c3ccccc3F)CC2)n1. The summed E-state index contributed by atoms with van der Waals surface area (Å²) < 4.78 is 14.0. The number of piperazine rings is 1. The number of aromatic nitrogens is 2. The molecule has 1 saturated heterocycles. The van der Waals surface area contributed by atoms with Gasteiger partial charge in [-0.2, -0.15) is 4.98 Å². The van der Waals surface area contributed by atoms with E-state index >= 15 is 0 Å². The van der Waals surface area contributed by atoms with Crippen LogP contribution in [0.25, 0.3) is 0 Å². The molecule has 2 heterocycles. The summed E-state index contributed by atoms with van der Waals surface area (Å²) >= 11 is 0. The van der Waals surface area contributed by atoms with Crippen LogP contribution in [-0.4, -0.2) is 49.2 Å². The fourth-order valence-electron chi connectivity index (χ4n) is 3.58. The predicted molar refractivity (Wildman–Crippen MR) is 110 cm³/mol. The maximum atomic E-state index is 14.0. The third kappa shape index (κ3) is 4.67. The zero-order valence-electron chi connectivity index (χ0n) is 16.7. The van der Waals surface area contributed by atoms with Crippen LogP contribution in [0, 0.1) is 12.7 Å². The topological polar surface area (TPSA) is 35.5 Å². The van der Waals surface area contributed by atoms with E-state index in [9.17, 15) is 4.39 Å². The Morgan fingerprint density at radius 1 is 0.963 bits per heavy atom. The second-order valence-corrected chi connectivity index (χ2v) is 7.08. The molecule has 0 saturated carbocycles. The molecule has 1 aromatic heterocycles. The van der Waals surface area contributed by atoms with Crippen LogP contribution >= 0.6 is 0 Å². The summed E-state index contributed by atoms with van der Waals surface area (Å²) in [7, 11) is 0. The summed E-state index contributed by atoms with van der Waals surface area (Å²) in [5.41, 5.74) is 1.67. The van der Waals surface area contributed by atoms with Crippen molar-refractivity contribution in [2.45, 2.75) is 33.6 Å². The lowest BCUT2D eigenvalue weighted by Gasteiger charge is -2.36. The molecular formula is C21H30FN5. The zero-order valence-corrected chi connectivity index (χ0v) is 16.7. The van der Waals surface area contributed by atoms with Crippen LogP contribution in [0.5, 0.6) is 0 Å². The van der Waals surface area contributed by atoms with Gasteiger partial charge in [-0.3, -0.25) is 0 Å². The Balaban J connectivity index is 1.73. The molecule has 3 rings (SSSR count). The summed E-state index contributed by atoms with van der Waals surface area (Å²) in [4.78, 5) is 16.2. The average molecular weight is 372 g/mol. The van der Waals surface area contributed by atoms with Crippen molar-refractivity contribution < 1.29 is 4.39 Å². The Kier molecular flexibility index (Phi) is 6.48. The zero-order chi connectivity index (χ0) is 19.2. The Bertz CT molecular complexity index is 737. The summed E-state index contributed by atoms with van der Waals surface area (Å²) in [6.45, 7) is 11.5. The first-order chi connectivity index (χ1) is 13.1. The van der Waals surface area contributed by atoms with Gasteiger partial charge in [-0.15, -0.1) is 0 Å². The van der Waals surface area contributed by atoms with Gasteiger partial charge in [0.1, 0.15) is 11.6 Å². The maximum absolute atomic E-state index is 14.0. The third-order valence-corrected chi connectivity index (χ3v) is 4.90. The molecule has 27 heavy (non-hydrogen) atoms. The van der Waals surface area contributed by atoms with E-state index in [0.29, 0.717) is 5.69 Å². The highest BCUT2D eigenvalue weighted by atomic mass is 19.1. The van der Waals surface area contributed by atoms with Crippen molar-refractivity contribution in [2.75, 3.05) is 54.0 Å². The lowest BCUT2D eigenvalue weighted by Crippen LogP contribution is -2.47. The molecular weight excluding hydrogens is 341 g/mol. The molecule has 1 aliphatic heterocycles. The van der Waals surface area contributed by atoms with Crippen LogP contribution in [0.1, 0.15) is 32.4 Å². The largest absolute Gasteiger partial charge is 0.366 e. The van der Waals surface area contributed by atoms with E-state index in [2.05, 4.69) is 39.6 Å². The Labute approximate surface area is 161 Å². The number of nitrogens with zero attached hydrogens (tertiary/aromatic N) is 5. The molecule has 0 spiro atoms. The van der Waals surface area contributed by atoms with E-state index in [1.807, 2.05) is 19.1 Å². The van der Waals surface area contributed by atoms with Crippen LogP contribution in [0.3, 0.4) is 0 Å². The van der Waals surface area contributed by atoms with Crippen LogP contribution in [0.4, 0.5) is 21.8 Å². The number of halogens is 1. The van der Waals surface area contributed by atoms with Crippen molar-refractivity contribution >= 4 is 17.5 Å². The fourth-order valence-corrected chi connectivity index (χ4v) is 3.58. The smallest absolute Gasteiger partial charge is 0.227 e. The number of aryl methyl sites for hydroxylation is 1. The molecule has 6 heteroatoms. The summed E-state index contributed by atoms with van der Waals surface area (Å²) in [5, 5.41) is 0. The molecule has 1 aromatic carbocycles. The molecule has 1 fully saturated rings. The summed E-state index contributed by atoms with van der Waals surface area (Å²) in [6, 6.07) is 9.06. The highest BCUT2D eigenvalue weighted by Crippen LogP contribution is 2.23. The van der Waals surface area contributed by atoms with Gasteiger partial charge in [-0.1, -0.05) is 26.0 Å². The molecule has 0 N–H and O–H groups in total. The van der Waals surface area contributed by atoms with Crippen molar-refractivity contribution in [2.24, 2.45) is 0 Å². The molecule has 1 aliphatic rings. The second-order valence-electron chi connectivity index (χ2n) is 7.08. The van der Waals surface area contributed by atoms with Gasteiger partial charge in [0.15, 0.2) is 0 Å². The first-order valence-electron chi connectivity index (χ1n) is 9.97. The number of para-hydroxylation sites is 1. The molecule has 0 atom stereocenters. The first kappa shape index (κ1) is 19.4. The number of benzene rings is 1. The fraction of sp³-hybridized carbons (Fsp3) is 0.524. The van der Waals surface area contributed by atoms with Crippen LogP contribution in [-0.2, 0) is 0 Å². The van der Waals surface area contributed by atoms with Crippen LogP contribution in [0.2, 0.25) is 0 Å². The highest BCUT2D eigenvalue weighted by molar-refractivity contribution is 5.51. The van der Waals surface area contributed by atoms with Crippen molar-refractivity contribution in [1.82, 2.24) is 9.97 Å². The van der Waals surface area contributed by atoms with E-state index in [1.165, 1.54) is 6.07 Å². The van der Waals surface area contributed by atoms with Gasteiger partial charge in [0.25, 0.3) is 0 Å². The Hall–Kier alpha value is -2.37. The van der Waals surface area contributed by atoms with Gasteiger partial charge in [0.05, 0.1) is 5.69 Å². The molecule has 0 unspecified atom stereocenters. The van der Waals surface area contributed by atoms with E-state index < -0.39 is 0 Å². The van der Waals surface area contributed by atoms with Gasteiger partial charge in [0, 0.05) is 51.0 Å². The van der Waals surface area contributed by atoms with Crippen LogP contribution in [0.15, 0.2) is 30.3 Å². The van der Waals surface area contributed by atoms with E-state index in [-0.39, 0.29) is 5.82 Å². The van der Waals surface area contributed by atoms with Crippen LogP contribution < -0.4 is 14.7 Å². The van der Waals surface area contributed by atoms with Gasteiger partial charge in [-0.05, 0) is 31.9 Å². The van der Waals surface area contributed by atoms with Gasteiger partial charge in [-0.25, -0.2) is 9.37 Å². The number of hydrogen-bond acceptors (Lipinski definition) is 5. The number of hydrogen-bond donors (Lipinski definition) is 0. The minimum atomic E-state index is -0.158. The van der Waals surface area contributed by atoms with Crippen molar-refractivity contribution in [3.8, 4) is 0 Å². The predicted octanol–water partition coefficient (Wildman–Crippen LogP) is 3.88. The van der Waals surface area contributed by atoms with Crippen molar-refractivity contribution in [3.63, 3.8) is 0 Å². The highest BCUT2D eigenvalue weighted by Gasteiger charge is 2.22. The molecule has 5 nitrogen and oxygen atoms in total. The average Bonchev–Trinajstić information content (AvgIpc) is 2.68. The van der Waals surface area contributed by atoms with Gasteiger partial charge >= 0.3 is 0 Å². The second kappa shape index (κ2) is 9.02. The minimum absolute atomic E-state index is 0.158. The van der Waals surface area contributed by atoms with Crippen molar-refractivity contribution in [1.29, 1.82) is 0 Å². The van der Waals surface area contributed by atoms with E-state index in [4.69, 9.17) is 4.98 Å². The Morgan fingerprint density at radius 3 is 2.22 bits per heavy atom. The molecule has 0 aliphatic carbocycles. The molecule has 0 bridgehead atoms.